The van der Waals surface area contributed by atoms with E-state index in [0.717, 1.165) is 12.8 Å². The number of nitrogens with zero attached hydrogens (tertiary/aromatic N) is 1. The number of H-pyrrole nitrogens is 1. The molecule has 1 aromatic rings. The van der Waals surface area contributed by atoms with Crippen LogP contribution in [0.5, 0.6) is 0 Å². The number of nitrogens with one attached hydrogen (secondary N) is 2. The zero-order valence-electron chi connectivity index (χ0n) is 9.92. The number of hydrogen-bond acceptors (Lipinski definition) is 3. The smallest absolute Gasteiger partial charge is 0.290 e. The highest BCUT2D eigenvalue weighted by Crippen LogP contribution is 2.35. The predicted octanol–water partition coefficient (Wildman–Crippen LogP) is 2.15. The van der Waals surface area contributed by atoms with Crippen LogP contribution in [0.2, 0.25) is 0 Å². The Morgan fingerprint density at radius 3 is 3.06 bits per heavy atom. The van der Waals surface area contributed by atoms with Crippen molar-refractivity contribution in [2.24, 2.45) is 5.41 Å². The predicted molar refractivity (Wildman–Crippen MR) is 64.5 cm³/mol. The highest BCUT2D eigenvalue weighted by molar-refractivity contribution is 5.31. The number of anilines is 1. The van der Waals surface area contributed by atoms with Crippen LogP contribution in [0, 0.1) is 5.41 Å². The summed E-state index contributed by atoms with van der Waals surface area (Å²) in [6, 6.07) is 0.375. The van der Waals surface area contributed by atoms with Crippen LogP contribution in [0.25, 0.3) is 0 Å². The van der Waals surface area contributed by atoms with Gasteiger partial charge < -0.3 is 10.3 Å². The third kappa shape index (κ3) is 2.62. The number of aromatic nitrogens is 2. The van der Waals surface area contributed by atoms with Crippen LogP contribution in [0.4, 0.5) is 5.82 Å². The second-order valence-electron chi connectivity index (χ2n) is 5.37. The zero-order chi connectivity index (χ0) is 11.6. The van der Waals surface area contributed by atoms with Crippen molar-refractivity contribution in [3.8, 4) is 0 Å². The lowest BCUT2D eigenvalue weighted by Crippen LogP contribution is -2.33. The summed E-state index contributed by atoms with van der Waals surface area (Å²) in [4.78, 5) is 18.2. The maximum atomic E-state index is 11.5. The van der Waals surface area contributed by atoms with Crippen molar-refractivity contribution in [1.82, 2.24) is 9.97 Å². The number of aromatic amines is 1. The topological polar surface area (TPSA) is 57.8 Å². The van der Waals surface area contributed by atoms with Gasteiger partial charge in [0.2, 0.25) is 0 Å². The lowest BCUT2D eigenvalue weighted by molar-refractivity contribution is 0.229. The van der Waals surface area contributed by atoms with E-state index in [9.17, 15) is 4.79 Å². The zero-order valence-corrected chi connectivity index (χ0v) is 9.92. The first-order chi connectivity index (χ1) is 7.57. The molecule has 0 radical (unpaired) electrons. The van der Waals surface area contributed by atoms with E-state index < -0.39 is 0 Å². The third-order valence-electron chi connectivity index (χ3n) is 3.25. The summed E-state index contributed by atoms with van der Waals surface area (Å²) >= 11 is 0. The Hall–Kier alpha value is -1.32. The van der Waals surface area contributed by atoms with Gasteiger partial charge in [-0.15, -0.1) is 0 Å². The standard InChI is InChI=1S/C12H19N3O/c1-12(2)5-3-4-9(8-12)15-10-11(16)14-7-6-13-10/h6-7,9H,3-5,8H2,1-2H3,(H,13,15)(H,14,16). The molecule has 0 saturated heterocycles. The Bertz CT molecular complexity index is 411. The van der Waals surface area contributed by atoms with E-state index in [2.05, 4.69) is 29.1 Å². The van der Waals surface area contributed by atoms with E-state index in [4.69, 9.17) is 0 Å². The second kappa shape index (κ2) is 4.28. The molecule has 1 aliphatic rings. The minimum Gasteiger partial charge on any atom is -0.363 e. The van der Waals surface area contributed by atoms with Gasteiger partial charge in [0.25, 0.3) is 5.56 Å². The van der Waals surface area contributed by atoms with E-state index in [1.54, 1.807) is 12.4 Å². The first-order valence-electron chi connectivity index (χ1n) is 5.87. The third-order valence-corrected chi connectivity index (χ3v) is 3.25. The minimum atomic E-state index is -0.133. The van der Waals surface area contributed by atoms with Gasteiger partial charge in [-0.2, -0.15) is 0 Å². The summed E-state index contributed by atoms with van der Waals surface area (Å²) in [5.41, 5.74) is 0.239. The Morgan fingerprint density at radius 2 is 2.38 bits per heavy atom. The molecule has 16 heavy (non-hydrogen) atoms. The molecule has 4 nitrogen and oxygen atoms in total. The molecule has 88 valence electrons. The Kier molecular flexibility index (Phi) is 2.99. The summed E-state index contributed by atoms with van der Waals surface area (Å²) in [6.07, 6.45) is 7.87. The van der Waals surface area contributed by atoms with Gasteiger partial charge >= 0.3 is 0 Å². The van der Waals surface area contributed by atoms with Crippen LogP contribution in [0.15, 0.2) is 17.2 Å². The van der Waals surface area contributed by atoms with Gasteiger partial charge in [-0.25, -0.2) is 4.98 Å². The molecule has 4 heteroatoms. The Morgan fingerprint density at radius 1 is 1.56 bits per heavy atom. The molecule has 1 saturated carbocycles. The number of rotatable bonds is 2. The van der Waals surface area contributed by atoms with Gasteiger partial charge in [0, 0.05) is 18.4 Å². The van der Waals surface area contributed by atoms with Gasteiger partial charge in [-0.1, -0.05) is 20.3 Å². The average Bonchev–Trinajstić information content (AvgIpc) is 2.20. The van der Waals surface area contributed by atoms with Crippen LogP contribution >= 0.6 is 0 Å². The molecule has 0 spiro atoms. The molecule has 0 bridgehead atoms. The second-order valence-corrected chi connectivity index (χ2v) is 5.37. The van der Waals surface area contributed by atoms with Crippen molar-refractivity contribution in [3.63, 3.8) is 0 Å². The monoisotopic (exact) mass is 221 g/mol. The van der Waals surface area contributed by atoms with Crippen LogP contribution in [-0.4, -0.2) is 16.0 Å². The summed E-state index contributed by atoms with van der Waals surface area (Å²) in [5.74, 6) is 0.449. The molecule has 2 rings (SSSR count). The fourth-order valence-electron chi connectivity index (χ4n) is 2.47. The summed E-state index contributed by atoms with van der Waals surface area (Å²) in [5, 5.41) is 3.25. The fourth-order valence-corrected chi connectivity index (χ4v) is 2.47. The van der Waals surface area contributed by atoms with Crippen molar-refractivity contribution in [2.75, 3.05) is 5.32 Å². The molecule has 0 aliphatic heterocycles. The Balaban J connectivity index is 2.05. The summed E-state index contributed by atoms with van der Waals surface area (Å²) in [6.45, 7) is 4.56. The van der Waals surface area contributed by atoms with Crippen LogP contribution < -0.4 is 10.9 Å². The highest BCUT2D eigenvalue weighted by Gasteiger charge is 2.28. The molecular formula is C12H19N3O. The van der Waals surface area contributed by atoms with Gasteiger partial charge in [-0.3, -0.25) is 4.79 Å². The van der Waals surface area contributed by atoms with Crippen LogP contribution in [-0.2, 0) is 0 Å². The molecule has 1 heterocycles. The number of hydrogen-bond donors (Lipinski definition) is 2. The maximum absolute atomic E-state index is 11.5. The van der Waals surface area contributed by atoms with E-state index in [0.29, 0.717) is 17.3 Å². The molecule has 2 N–H and O–H groups in total. The van der Waals surface area contributed by atoms with Crippen LogP contribution in [0.3, 0.4) is 0 Å². The molecule has 1 unspecified atom stereocenters. The van der Waals surface area contributed by atoms with Crippen molar-refractivity contribution >= 4 is 5.82 Å². The van der Waals surface area contributed by atoms with Crippen molar-refractivity contribution in [1.29, 1.82) is 0 Å². The molecule has 1 atom stereocenters. The highest BCUT2D eigenvalue weighted by atomic mass is 16.1. The first kappa shape index (κ1) is 11.2. The molecular weight excluding hydrogens is 202 g/mol. The lowest BCUT2D eigenvalue weighted by Gasteiger charge is -2.35. The van der Waals surface area contributed by atoms with Crippen LogP contribution in [0.1, 0.15) is 39.5 Å². The van der Waals surface area contributed by atoms with Crippen molar-refractivity contribution < 1.29 is 0 Å². The average molecular weight is 221 g/mol. The van der Waals surface area contributed by atoms with Gasteiger partial charge in [0.05, 0.1) is 0 Å². The molecule has 1 aliphatic carbocycles. The maximum Gasteiger partial charge on any atom is 0.290 e. The van der Waals surface area contributed by atoms with Gasteiger partial charge in [0.1, 0.15) is 0 Å². The van der Waals surface area contributed by atoms with Gasteiger partial charge in [0.15, 0.2) is 5.82 Å². The quantitative estimate of drug-likeness (QED) is 0.804. The lowest BCUT2D eigenvalue weighted by atomic mass is 9.75. The first-order valence-corrected chi connectivity index (χ1v) is 5.87. The van der Waals surface area contributed by atoms with E-state index in [-0.39, 0.29) is 5.56 Å². The van der Waals surface area contributed by atoms with Crippen molar-refractivity contribution in [3.05, 3.63) is 22.7 Å². The van der Waals surface area contributed by atoms with Gasteiger partial charge in [-0.05, 0) is 24.7 Å². The minimum absolute atomic E-state index is 0.133. The molecule has 0 amide bonds. The largest absolute Gasteiger partial charge is 0.363 e. The summed E-state index contributed by atoms with van der Waals surface area (Å²) in [7, 11) is 0. The molecule has 0 aromatic carbocycles. The van der Waals surface area contributed by atoms with E-state index >= 15 is 0 Å². The molecule has 1 fully saturated rings. The van der Waals surface area contributed by atoms with Crippen molar-refractivity contribution in [2.45, 2.75) is 45.6 Å². The van der Waals surface area contributed by atoms with E-state index in [1.807, 2.05) is 0 Å². The normalized spacial score (nSPS) is 24.0. The SMILES string of the molecule is CC1(C)CCCC(Nc2ncc[nH]c2=O)C1. The fraction of sp³-hybridized carbons (Fsp3) is 0.667. The van der Waals surface area contributed by atoms with E-state index in [1.165, 1.54) is 12.8 Å². The Labute approximate surface area is 95.5 Å². The summed E-state index contributed by atoms with van der Waals surface area (Å²) < 4.78 is 0. The molecule has 1 aromatic heterocycles.